The summed E-state index contributed by atoms with van der Waals surface area (Å²) in [6, 6.07) is 0. The molecule has 2 fully saturated rings. The zero-order valence-electron chi connectivity index (χ0n) is 15.6. The second-order valence-electron chi connectivity index (χ2n) is 7.40. The number of alkyl carbamates (subject to hydrolysis) is 2. The molecule has 2 aliphatic carbocycles. The molecule has 0 heterocycles. The molecule has 2 saturated carbocycles. The zero-order valence-corrected chi connectivity index (χ0v) is 15.6. The van der Waals surface area contributed by atoms with Gasteiger partial charge in [-0.2, -0.15) is 0 Å². The molecule has 0 aromatic heterocycles. The van der Waals surface area contributed by atoms with Gasteiger partial charge in [0.25, 0.3) is 0 Å². The summed E-state index contributed by atoms with van der Waals surface area (Å²) >= 11 is 0. The molecule has 2 amide bonds. The molecule has 6 atom stereocenters. The van der Waals surface area contributed by atoms with Crippen molar-refractivity contribution in [2.24, 2.45) is 11.8 Å². The molecule has 4 N–H and O–H groups in total. The zero-order chi connectivity index (χ0) is 19.1. The van der Waals surface area contributed by atoms with Crippen LogP contribution in [0.2, 0.25) is 0 Å². The summed E-state index contributed by atoms with van der Waals surface area (Å²) in [5, 5.41) is 25.3. The molecule has 0 saturated heterocycles. The molecule has 2 rings (SSSR count). The predicted molar refractivity (Wildman–Crippen MR) is 94.6 cm³/mol. The van der Waals surface area contributed by atoms with E-state index >= 15 is 0 Å². The quantitative estimate of drug-likeness (QED) is 0.581. The Labute approximate surface area is 154 Å². The lowest BCUT2D eigenvalue weighted by Gasteiger charge is -2.37. The van der Waals surface area contributed by atoms with E-state index in [4.69, 9.17) is 9.47 Å². The molecule has 0 radical (unpaired) electrons. The number of carbonyl (C=O) groups is 2. The van der Waals surface area contributed by atoms with Crippen LogP contribution in [0.5, 0.6) is 0 Å². The predicted octanol–water partition coefficient (Wildman–Crippen LogP) is 1.54. The van der Waals surface area contributed by atoms with Crippen molar-refractivity contribution in [2.75, 3.05) is 13.6 Å². The van der Waals surface area contributed by atoms with Crippen LogP contribution in [0.25, 0.3) is 0 Å². The first kappa shape index (κ1) is 20.8. The Morgan fingerprint density at radius 2 is 1.58 bits per heavy atom. The fourth-order valence-electron chi connectivity index (χ4n) is 4.08. The van der Waals surface area contributed by atoms with E-state index in [1.54, 1.807) is 0 Å². The molecule has 0 spiro atoms. The fourth-order valence-corrected chi connectivity index (χ4v) is 4.08. The summed E-state index contributed by atoms with van der Waals surface area (Å²) in [5.74, 6) is 0.700. The summed E-state index contributed by atoms with van der Waals surface area (Å²) in [5.41, 5.74) is 0. The van der Waals surface area contributed by atoms with Gasteiger partial charge in [-0.1, -0.05) is 0 Å². The molecule has 0 aromatic rings. The summed E-state index contributed by atoms with van der Waals surface area (Å²) in [6.07, 6.45) is 2.02. The van der Waals surface area contributed by atoms with Crippen molar-refractivity contribution >= 4 is 12.2 Å². The Balaban J connectivity index is 1.79. The van der Waals surface area contributed by atoms with Crippen LogP contribution in [-0.4, -0.2) is 60.4 Å². The minimum Gasteiger partial charge on any atom is -0.443 e. The Bertz CT molecular complexity index is 475. The van der Waals surface area contributed by atoms with Crippen LogP contribution in [0.3, 0.4) is 0 Å². The Morgan fingerprint density at radius 3 is 2.23 bits per heavy atom. The van der Waals surface area contributed by atoms with E-state index in [-0.39, 0.29) is 0 Å². The maximum Gasteiger partial charge on any atom is 0.407 e. The molecular weight excluding hydrogens is 340 g/mol. The van der Waals surface area contributed by atoms with Crippen molar-refractivity contribution in [3.05, 3.63) is 0 Å². The highest BCUT2D eigenvalue weighted by Gasteiger charge is 2.36. The average molecular weight is 372 g/mol. The molecule has 8 nitrogen and oxygen atoms in total. The summed E-state index contributed by atoms with van der Waals surface area (Å²) < 4.78 is 10.5. The van der Waals surface area contributed by atoms with Crippen molar-refractivity contribution in [3.63, 3.8) is 0 Å². The lowest BCUT2D eigenvalue weighted by Crippen LogP contribution is -2.42. The van der Waals surface area contributed by atoms with Crippen molar-refractivity contribution in [1.82, 2.24) is 10.6 Å². The maximum absolute atomic E-state index is 11.5. The smallest absolute Gasteiger partial charge is 0.407 e. The van der Waals surface area contributed by atoms with E-state index in [0.29, 0.717) is 44.1 Å². The van der Waals surface area contributed by atoms with Gasteiger partial charge in [-0.25, -0.2) is 9.59 Å². The third kappa shape index (κ3) is 6.02. The standard InChI is InChI=1S/C18H32N2O6/c1-3-20-18(24)25-15-7-5-11(9-14(15)22)8-12-4-6-13(21)16(10-12)26-17(23)19-2/h11-16,21-22H,3-10H2,1-2H3,(H,19,23)(H,20,24). The van der Waals surface area contributed by atoms with E-state index < -0.39 is 36.6 Å². The number of carbonyl (C=O) groups excluding carboxylic acids is 2. The summed E-state index contributed by atoms with van der Waals surface area (Å²) in [4.78, 5) is 22.9. The second-order valence-corrected chi connectivity index (χ2v) is 7.40. The maximum atomic E-state index is 11.5. The van der Waals surface area contributed by atoms with E-state index in [2.05, 4.69) is 10.6 Å². The van der Waals surface area contributed by atoms with Crippen molar-refractivity contribution in [2.45, 2.75) is 76.3 Å². The van der Waals surface area contributed by atoms with Gasteiger partial charge in [-0.05, 0) is 63.7 Å². The minimum absolute atomic E-state index is 0.347. The molecule has 150 valence electrons. The number of aliphatic hydroxyl groups excluding tert-OH is 2. The van der Waals surface area contributed by atoms with Gasteiger partial charge in [0.05, 0.1) is 12.2 Å². The lowest BCUT2D eigenvalue weighted by molar-refractivity contribution is -0.0519. The van der Waals surface area contributed by atoms with Gasteiger partial charge in [-0.3, -0.25) is 0 Å². The van der Waals surface area contributed by atoms with E-state index in [1.165, 1.54) is 7.05 Å². The largest absolute Gasteiger partial charge is 0.443 e. The highest BCUT2D eigenvalue weighted by atomic mass is 16.6. The van der Waals surface area contributed by atoms with Gasteiger partial charge in [-0.15, -0.1) is 0 Å². The van der Waals surface area contributed by atoms with Crippen molar-refractivity contribution in [3.8, 4) is 0 Å². The summed E-state index contributed by atoms with van der Waals surface area (Å²) in [7, 11) is 1.50. The molecule has 0 aliphatic heterocycles. The molecule has 6 unspecified atom stereocenters. The van der Waals surface area contributed by atoms with Crippen LogP contribution in [0.15, 0.2) is 0 Å². The van der Waals surface area contributed by atoms with Crippen LogP contribution >= 0.6 is 0 Å². The van der Waals surface area contributed by atoms with Gasteiger partial charge in [0.15, 0.2) is 0 Å². The van der Waals surface area contributed by atoms with E-state index in [0.717, 1.165) is 19.3 Å². The highest BCUT2D eigenvalue weighted by Crippen LogP contribution is 2.37. The van der Waals surface area contributed by atoms with Crippen LogP contribution in [0, 0.1) is 11.8 Å². The third-order valence-corrected chi connectivity index (χ3v) is 5.44. The van der Waals surface area contributed by atoms with Gasteiger partial charge >= 0.3 is 12.2 Å². The van der Waals surface area contributed by atoms with Gasteiger partial charge < -0.3 is 30.3 Å². The third-order valence-electron chi connectivity index (χ3n) is 5.44. The molecular formula is C18H32N2O6. The number of rotatable bonds is 5. The van der Waals surface area contributed by atoms with Crippen LogP contribution < -0.4 is 10.6 Å². The lowest BCUT2D eigenvalue weighted by atomic mass is 9.75. The molecule has 0 bridgehead atoms. The molecule has 8 heteroatoms. The second kappa shape index (κ2) is 9.97. The van der Waals surface area contributed by atoms with Gasteiger partial charge in [0.2, 0.25) is 0 Å². The summed E-state index contributed by atoms with van der Waals surface area (Å²) in [6.45, 7) is 2.31. The van der Waals surface area contributed by atoms with Gasteiger partial charge in [0.1, 0.15) is 12.2 Å². The average Bonchev–Trinajstić information content (AvgIpc) is 2.60. The molecule has 26 heavy (non-hydrogen) atoms. The van der Waals surface area contributed by atoms with Gasteiger partial charge in [0, 0.05) is 13.6 Å². The molecule has 0 aromatic carbocycles. The van der Waals surface area contributed by atoms with Crippen molar-refractivity contribution < 1.29 is 29.3 Å². The van der Waals surface area contributed by atoms with E-state index in [1.807, 2.05) is 6.92 Å². The number of hydrogen-bond acceptors (Lipinski definition) is 6. The minimum atomic E-state index is -0.650. The number of ether oxygens (including phenoxy) is 2. The van der Waals surface area contributed by atoms with E-state index in [9.17, 15) is 19.8 Å². The first-order chi connectivity index (χ1) is 12.4. The van der Waals surface area contributed by atoms with Crippen LogP contribution in [0.1, 0.15) is 51.9 Å². The number of nitrogens with one attached hydrogen (secondary N) is 2. The normalized spacial score (nSPS) is 34.6. The van der Waals surface area contributed by atoms with Crippen molar-refractivity contribution in [1.29, 1.82) is 0 Å². The SMILES string of the molecule is CCNC(=O)OC1CCC(CC2CCC(O)C(OC(=O)NC)C2)CC1O. The Morgan fingerprint density at radius 1 is 0.923 bits per heavy atom. The Hall–Kier alpha value is -1.54. The first-order valence-corrected chi connectivity index (χ1v) is 9.61. The monoisotopic (exact) mass is 372 g/mol. The number of aliphatic hydroxyl groups is 2. The number of hydrogen-bond donors (Lipinski definition) is 4. The highest BCUT2D eigenvalue weighted by molar-refractivity contribution is 5.67. The fraction of sp³-hybridized carbons (Fsp3) is 0.889. The van der Waals surface area contributed by atoms with Crippen LogP contribution in [-0.2, 0) is 9.47 Å². The first-order valence-electron chi connectivity index (χ1n) is 9.61. The Kier molecular flexibility index (Phi) is 7.96. The van der Waals surface area contributed by atoms with Crippen LogP contribution in [0.4, 0.5) is 9.59 Å². The number of amides is 2. The topological polar surface area (TPSA) is 117 Å². The molecule has 2 aliphatic rings.